The average molecular weight is 435 g/mol. The van der Waals surface area contributed by atoms with Crippen LogP contribution in [-0.4, -0.2) is 24.5 Å². The SMILES string of the molecule is Cn1ccc(=O)n(Cc2nc(CC3SC3c3ccc(Br)cc3)no2)c1=O. The Kier molecular flexibility index (Phi) is 4.58. The minimum Gasteiger partial charge on any atom is -0.337 e. The van der Waals surface area contributed by atoms with E-state index >= 15 is 0 Å². The van der Waals surface area contributed by atoms with Crippen molar-refractivity contribution in [3.05, 3.63) is 79.1 Å². The van der Waals surface area contributed by atoms with Gasteiger partial charge in [0.2, 0.25) is 5.89 Å². The monoisotopic (exact) mass is 434 g/mol. The molecule has 2 atom stereocenters. The van der Waals surface area contributed by atoms with E-state index in [2.05, 4.69) is 38.2 Å². The van der Waals surface area contributed by atoms with Crippen molar-refractivity contribution in [2.45, 2.75) is 23.5 Å². The normalized spacial score (nSPS) is 18.8. The fraction of sp³-hybridized carbons (Fsp3) is 0.294. The molecule has 1 aliphatic heterocycles. The number of rotatable bonds is 5. The van der Waals surface area contributed by atoms with Gasteiger partial charge in [-0.3, -0.25) is 9.36 Å². The molecule has 0 spiro atoms. The highest BCUT2D eigenvalue weighted by molar-refractivity contribution is 9.10. The number of benzene rings is 1. The van der Waals surface area contributed by atoms with Crippen LogP contribution in [0.15, 0.2) is 55.1 Å². The summed E-state index contributed by atoms with van der Waals surface area (Å²) in [7, 11) is 1.59. The lowest BCUT2D eigenvalue weighted by atomic mass is 10.1. The summed E-state index contributed by atoms with van der Waals surface area (Å²) in [5.41, 5.74) is 0.484. The van der Waals surface area contributed by atoms with Gasteiger partial charge in [0.25, 0.3) is 5.56 Å². The Morgan fingerprint density at radius 2 is 2.00 bits per heavy atom. The van der Waals surface area contributed by atoms with E-state index in [1.807, 2.05) is 23.9 Å². The molecule has 3 aromatic rings. The van der Waals surface area contributed by atoms with Crippen molar-refractivity contribution in [2.75, 3.05) is 0 Å². The van der Waals surface area contributed by atoms with Gasteiger partial charge in [-0.2, -0.15) is 4.98 Å². The first kappa shape index (κ1) is 17.3. The number of hydrogen-bond donors (Lipinski definition) is 0. The summed E-state index contributed by atoms with van der Waals surface area (Å²) in [5, 5.41) is 4.84. The van der Waals surface area contributed by atoms with E-state index in [0.29, 0.717) is 22.7 Å². The standard InChI is InChI=1S/C17H15BrN4O3S/c1-21-7-6-15(23)22(17(21)24)9-14-19-13(20-25-14)8-12-16(26-12)10-2-4-11(18)5-3-10/h2-7,12,16H,8-9H2,1H3. The number of thioether (sulfide) groups is 1. The van der Waals surface area contributed by atoms with E-state index in [0.717, 1.165) is 9.04 Å². The van der Waals surface area contributed by atoms with Gasteiger partial charge in [0.1, 0.15) is 6.54 Å². The lowest BCUT2D eigenvalue weighted by molar-refractivity contribution is 0.361. The summed E-state index contributed by atoms with van der Waals surface area (Å²) in [6, 6.07) is 9.63. The van der Waals surface area contributed by atoms with Crippen LogP contribution in [0.4, 0.5) is 0 Å². The third kappa shape index (κ3) is 3.54. The third-order valence-electron chi connectivity index (χ3n) is 4.21. The lowest BCUT2D eigenvalue weighted by Crippen LogP contribution is -2.38. The smallest absolute Gasteiger partial charge is 0.331 e. The van der Waals surface area contributed by atoms with E-state index in [1.165, 1.54) is 22.4 Å². The van der Waals surface area contributed by atoms with Gasteiger partial charge in [-0.05, 0) is 17.7 Å². The first-order valence-electron chi connectivity index (χ1n) is 8.00. The van der Waals surface area contributed by atoms with Gasteiger partial charge in [-0.15, -0.1) is 11.8 Å². The molecule has 9 heteroatoms. The fourth-order valence-electron chi connectivity index (χ4n) is 2.76. The summed E-state index contributed by atoms with van der Waals surface area (Å²) in [6.45, 7) is -0.0205. The number of aryl methyl sites for hydroxylation is 1. The van der Waals surface area contributed by atoms with Gasteiger partial charge < -0.3 is 9.09 Å². The second-order valence-corrected chi connectivity index (χ2v) is 8.39. The summed E-state index contributed by atoms with van der Waals surface area (Å²) < 4.78 is 8.70. The molecule has 1 saturated heterocycles. The van der Waals surface area contributed by atoms with E-state index < -0.39 is 5.69 Å². The molecule has 0 bridgehead atoms. The molecule has 0 radical (unpaired) electrons. The zero-order valence-electron chi connectivity index (χ0n) is 13.8. The zero-order chi connectivity index (χ0) is 18.3. The molecule has 3 heterocycles. The van der Waals surface area contributed by atoms with Crippen molar-refractivity contribution >= 4 is 27.7 Å². The lowest BCUT2D eigenvalue weighted by Gasteiger charge is -2.02. The van der Waals surface area contributed by atoms with Gasteiger partial charge in [-0.1, -0.05) is 33.2 Å². The molecule has 2 unspecified atom stereocenters. The Balaban J connectivity index is 1.43. The molecule has 26 heavy (non-hydrogen) atoms. The van der Waals surface area contributed by atoms with Gasteiger partial charge in [0, 0.05) is 40.7 Å². The largest absolute Gasteiger partial charge is 0.337 e. The quantitative estimate of drug-likeness (QED) is 0.572. The summed E-state index contributed by atoms with van der Waals surface area (Å²) in [5.74, 6) is 0.856. The Morgan fingerprint density at radius 3 is 2.77 bits per heavy atom. The summed E-state index contributed by atoms with van der Waals surface area (Å²) >= 11 is 5.31. The molecule has 0 aliphatic carbocycles. The number of hydrogen-bond acceptors (Lipinski definition) is 6. The van der Waals surface area contributed by atoms with E-state index in [-0.39, 0.29) is 18.0 Å². The number of nitrogens with zero attached hydrogens (tertiary/aromatic N) is 4. The van der Waals surface area contributed by atoms with Crippen LogP contribution in [0.1, 0.15) is 22.5 Å². The van der Waals surface area contributed by atoms with Crippen molar-refractivity contribution in [1.29, 1.82) is 0 Å². The van der Waals surface area contributed by atoms with Crippen molar-refractivity contribution in [3.63, 3.8) is 0 Å². The minimum absolute atomic E-state index is 0.0205. The van der Waals surface area contributed by atoms with Crippen molar-refractivity contribution in [3.8, 4) is 0 Å². The second-order valence-electron chi connectivity index (χ2n) is 6.09. The molecule has 0 N–H and O–H groups in total. The van der Waals surface area contributed by atoms with E-state index in [1.54, 1.807) is 7.05 Å². The number of aromatic nitrogens is 4. The summed E-state index contributed by atoms with van der Waals surface area (Å²) in [4.78, 5) is 28.2. The van der Waals surface area contributed by atoms with Crippen LogP contribution < -0.4 is 11.2 Å². The van der Waals surface area contributed by atoms with Gasteiger partial charge in [0.05, 0.1) is 0 Å². The molecule has 2 aromatic heterocycles. The Labute approximate surface area is 161 Å². The van der Waals surface area contributed by atoms with Crippen LogP contribution in [0, 0.1) is 0 Å². The highest BCUT2D eigenvalue weighted by Crippen LogP contribution is 2.56. The Morgan fingerprint density at radius 1 is 1.23 bits per heavy atom. The maximum absolute atomic E-state index is 12.0. The van der Waals surface area contributed by atoms with Crippen LogP contribution in [0.25, 0.3) is 0 Å². The van der Waals surface area contributed by atoms with Crippen molar-refractivity contribution < 1.29 is 4.52 Å². The Hall–Kier alpha value is -2.13. The van der Waals surface area contributed by atoms with Gasteiger partial charge >= 0.3 is 5.69 Å². The molecule has 7 nitrogen and oxygen atoms in total. The second kappa shape index (κ2) is 6.88. The first-order valence-corrected chi connectivity index (χ1v) is 9.74. The van der Waals surface area contributed by atoms with Crippen LogP contribution in [-0.2, 0) is 20.0 Å². The molecule has 1 fully saturated rings. The summed E-state index contributed by atoms with van der Waals surface area (Å²) in [6.07, 6.45) is 2.13. The first-order chi connectivity index (χ1) is 12.5. The van der Waals surface area contributed by atoms with Crippen LogP contribution in [0.2, 0.25) is 0 Å². The zero-order valence-corrected chi connectivity index (χ0v) is 16.2. The van der Waals surface area contributed by atoms with Gasteiger partial charge in [-0.25, -0.2) is 4.79 Å². The molecule has 1 aliphatic rings. The van der Waals surface area contributed by atoms with E-state index in [9.17, 15) is 9.59 Å². The molecular formula is C17H15BrN4O3S. The molecule has 1 aromatic carbocycles. The predicted octanol–water partition coefficient (Wildman–Crippen LogP) is 2.14. The topological polar surface area (TPSA) is 82.9 Å². The molecule has 0 amide bonds. The fourth-order valence-corrected chi connectivity index (χ4v) is 4.12. The molecule has 134 valence electrons. The minimum atomic E-state index is -0.412. The van der Waals surface area contributed by atoms with Gasteiger partial charge in [0.15, 0.2) is 5.82 Å². The highest BCUT2D eigenvalue weighted by atomic mass is 79.9. The highest BCUT2D eigenvalue weighted by Gasteiger charge is 2.40. The Bertz CT molecular complexity index is 1060. The van der Waals surface area contributed by atoms with Crippen LogP contribution >= 0.6 is 27.7 Å². The maximum Gasteiger partial charge on any atom is 0.331 e. The maximum atomic E-state index is 12.0. The third-order valence-corrected chi connectivity index (χ3v) is 6.10. The average Bonchev–Trinajstić information content (AvgIpc) is 3.24. The predicted molar refractivity (Wildman–Crippen MR) is 101 cm³/mol. The van der Waals surface area contributed by atoms with E-state index in [4.69, 9.17) is 4.52 Å². The number of halogens is 1. The molecular weight excluding hydrogens is 420 g/mol. The van der Waals surface area contributed by atoms with Crippen molar-refractivity contribution in [1.82, 2.24) is 19.3 Å². The molecule has 4 rings (SSSR count). The van der Waals surface area contributed by atoms with Crippen LogP contribution in [0.5, 0.6) is 0 Å². The van der Waals surface area contributed by atoms with Crippen LogP contribution in [0.3, 0.4) is 0 Å². The van der Waals surface area contributed by atoms with Crippen molar-refractivity contribution in [2.24, 2.45) is 7.05 Å². The molecule has 0 saturated carbocycles.